The van der Waals surface area contributed by atoms with Crippen molar-refractivity contribution in [3.05, 3.63) is 60.4 Å². The SMILES string of the molecule is Cc1ccccc1-c1nnc2c3ccccc3ncn12. The van der Waals surface area contributed by atoms with Gasteiger partial charge in [-0.3, -0.25) is 4.40 Å². The standard InChI is InChI=1S/C16H12N4/c1-11-6-2-3-7-12(11)15-18-19-16-13-8-4-5-9-14(13)17-10-20(15)16/h2-10H,1H3. The molecule has 4 nitrogen and oxygen atoms in total. The Bertz CT molecular complexity index is 924. The maximum absolute atomic E-state index is 4.48. The van der Waals surface area contributed by atoms with Crippen LogP contribution in [0.2, 0.25) is 0 Å². The average Bonchev–Trinajstić information content (AvgIpc) is 2.92. The summed E-state index contributed by atoms with van der Waals surface area (Å²) in [6.45, 7) is 2.07. The first-order valence-corrected chi connectivity index (χ1v) is 6.49. The van der Waals surface area contributed by atoms with Crippen molar-refractivity contribution in [3.8, 4) is 11.4 Å². The van der Waals surface area contributed by atoms with Crippen LogP contribution in [0.25, 0.3) is 27.9 Å². The summed E-state index contributed by atoms with van der Waals surface area (Å²) < 4.78 is 1.95. The number of rotatable bonds is 1. The van der Waals surface area contributed by atoms with Gasteiger partial charge in [0.05, 0.1) is 5.52 Å². The van der Waals surface area contributed by atoms with E-state index in [9.17, 15) is 0 Å². The Morgan fingerprint density at radius 1 is 0.900 bits per heavy atom. The monoisotopic (exact) mass is 260 g/mol. The molecule has 0 unspecified atom stereocenters. The average molecular weight is 260 g/mol. The number of fused-ring (bicyclic) bond motifs is 3. The quantitative estimate of drug-likeness (QED) is 0.527. The van der Waals surface area contributed by atoms with Crippen LogP contribution in [0.4, 0.5) is 0 Å². The lowest BCUT2D eigenvalue weighted by Gasteiger charge is -2.04. The third kappa shape index (κ3) is 1.51. The zero-order valence-electron chi connectivity index (χ0n) is 11.0. The molecule has 0 aliphatic heterocycles. The van der Waals surface area contributed by atoms with Crippen LogP contribution in [0.15, 0.2) is 54.9 Å². The van der Waals surface area contributed by atoms with Crippen molar-refractivity contribution in [1.82, 2.24) is 19.6 Å². The predicted octanol–water partition coefficient (Wildman–Crippen LogP) is 3.25. The molecular formula is C16H12N4. The third-order valence-corrected chi connectivity index (χ3v) is 3.54. The maximum Gasteiger partial charge on any atom is 0.171 e. The van der Waals surface area contributed by atoms with Gasteiger partial charge >= 0.3 is 0 Å². The van der Waals surface area contributed by atoms with Crippen LogP contribution in [0.3, 0.4) is 0 Å². The topological polar surface area (TPSA) is 43.1 Å². The van der Waals surface area contributed by atoms with Gasteiger partial charge in [-0.25, -0.2) is 4.98 Å². The molecule has 0 saturated heterocycles. The lowest BCUT2D eigenvalue weighted by molar-refractivity contribution is 1.09. The molecular weight excluding hydrogens is 248 g/mol. The van der Waals surface area contributed by atoms with Crippen LogP contribution in [-0.4, -0.2) is 19.6 Å². The Balaban J connectivity index is 2.08. The largest absolute Gasteiger partial charge is 0.265 e. The van der Waals surface area contributed by atoms with E-state index in [1.807, 2.05) is 40.8 Å². The van der Waals surface area contributed by atoms with E-state index in [4.69, 9.17) is 0 Å². The van der Waals surface area contributed by atoms with E-state index in [1.54, 1.807) is 6.33 Å². The van der Waals surface area contributed by atoms with Gasteiger partial charge in [-0.2, -0.15) is 0 Å². The van der Waals surface area contributed by atoms with Gasteiger partial charge in [-0.1, -0.05) is 36.4 Å². The minimum absolute atomic E-state index is 0.830. The van der Waals surface area contributed by atoms with Crippen LogP contribution < -0.4 is 0 Å². The molecule has 0 N–H and O–H groups in total. The highest BCUT2D eigenvalue weighted by Crippen LogP contribution is 2.24. The summed E-state index contributed by atoms with van der Waals surface area (Å²) in [5.74, 6) is 0.830. The van der Waals surface area contributed by atoms with E-state index in [-0.39, 0.29) is 0 Å². The molecule has 0 aliphatic rings. The van der Waals surface area contributed by atoms with Crippen LogP contribution >= 0.6 is 0 Å². The number of aromatic nitrogens is 4. The van der Waals surface area contributed by atoms with Crippen molar-refractivity contribution in [2.45, 2.75) is 6.92 Å². The number of aryl methyl sites for hydroxylation is 1. The summed E-state index contributed by atoms with van der Waals surface area (Å²) in [5.41, 5.74) is 4.03. The highest BCUT2D eigenvalue weighted by molar-refractivity contribution is 5.91. The molecule has 20 heavy (non-hydrogen) atoms. The Morgan fingerprint density at radius 3 is 2.60 bits per heavy atom. The van der Waals surface area contributed by atoms with E-state index in [0.717, 1.165) is 27.9 Å². The van der Waals surface area contributed by atoms with Crippen LogP contribution in [0.5, 0.6) is 0 Å². The fourth-order valence-corrected chi connectivity index (χ4v) is 2.49. The molecule has 0 saturated carbocycles. The smallest absolute Gasteiger partial charge is 0.171 e. The predicted molar refractivity (Wildman–Crippen MR) is 78.5 cm³/mol. The summed E-state index contributed by atoms with van der Waals surface area (Å²) >= 11 is 0. The molecule has 0 atom stereocenters. The molecule has 0 aliphatic carbocycles. The van der Waals surface area contributed by atoms with Gasteiger partial charge in [-0.15, -0.1) is 10.2 Å². The fraction of sp³-hybridized carbons (Fsp3) is 0.0625. The Kier molecular flexibility index (Phi) is 2.29. The van der Waals surface area contributed by atoms with Crippen molar-refractivity contribution >= 4 is 16.6 Å². The third-order valence-electron chi connectivity index (χ3n) is 3.54. The summed E-state index contributed by atoms with van der Waals surface area (Å²) in [7, 11) is 0. The molecule has 0 bridgehead atoms. The second kappa shape index (κ2) is 4.13. The molecule has 0 spiro atoms. The number of hydrogen-bond acceptors (Lipinski definition) is 3. The van der Waals surface area contributed by atoms with Crippen molar-refractivity contribution in [3.63, 3.8) is 0 Å². The molecule has 4 rings (SSSR count). The normalized spacial score (nSPS) is 11.2. The van der Waals surface area contributed by atoms with Gasteiger partial charge < -0.3 is 0 Å². The van der Waals surface area contributed by atoms with E-state index in [0.29, 0.717) is 0 Å². The lowest BCUT2D eigenvalue weighted by atomic mass is 10.1. The maximum atomic E-state index is 4.48. The molecule has 2 heterocycles. The highest BCUT2D eigenvalue weighted by atomic mass is 15.3. The van der Waals surface area contributed by atoms with E-state index < -0.39 is 0 Å². The molecule has 2 aromatic heterocycles. The second-order valence-electron chi connectivity index (χ2n) is 4.79. The van der Waals surface area contributed by atoms with Crippen LogP contribution in [0, 0.1) is 6.92 Å². The lowest BCUT2D eigenvalue weighted by Crippen LogP contribution is -1.93. The summed E-state index contributed by atoms with van der Waals surface area (Å²) in [6.07, 6.45) is 1.79. The van der Waals surface area contributed by atoms with Gasteiger partial charge in [0.15, 0.2) is 11.5 Å². The summed E-state index contributed by atoms with van der Waals surface area (Å²) in [6, 6.07) is 16.1. The molecule has 96 valence electrons. The molecule has 0 radical (unpaired) electrons. The van der Waals surface area contributed by atoms with E-state index in [1.165, 1.54) is 5.56 Å². The first-order valence-electron chi connectivity index (χ1n) is 6.49. The second-order valence-corrected chi connectivity index (χ2v) is 4.79. The van der Waals surface area contributed by atoms with Gasteiger partial charge in [0.1, 0.15) is 6.33 Å². The van der Waals surface area contributed by atoms with Gasteiger partial charge in [0.25, 0.3) is 0 Å². The summed E-state index contributed by atoms with van der Waals surface area (Å²) in [4.78, 5) is 4.48. The highest BCUT2D eigenvalue weighted by Gasteiger charge is 2.12. The van der Waals surface area contributed by atoms with Gasteiger partial charge in [-0.05, 0) is 24.6 Å². The van der Waals surface area contributed by atoms with Gasteiger partial charge in [0, 0.05) is 10.9 Å². The van der Waals surface area contributed by atoms with Crippen molar-refractivity contribution < 1.29 is 0 Å². The number of nitrogens with zero attached hydrogens (tertiary/aromatic N) is 4. The first-order chi connectivity index (χ1) is 9.84. The molecule has 2 aromatic carbocycles. The first kappa shape index (κ1) is 11.1. The minimum Gasteiger partial charge on any atom is -0.265 e. The fourth-order valence-electron chi connectivity index (χ4n) is 2.49. The van der Waals surface area contributed by atoms with Crippen molar-refractivity contribution in [2.75, 3.05) is 0 Å². The van der Waals surface area contributed by atoms with E-state index in [2.05, 4.69) is 34.2 Å². The Hall–Kier alpha value is -2.75. The minimum atomic E-state index is 0.830. The van der Waals surface area contributed by atoms with Gasteiger partial charge in [0.2, 0.25) is 0 Å². The van der Waals surface area contributed by atoms with Crippen LogP contribution in [-0.2, 0) is 0 Å². The van der Waals surface area contributed by atoms with Crippen molar-refractivity contribution in [1.29, 1.82) is 0 Å². The Morgan fingerprint density at radius 2 is 1.70 bits per heavy atom. The van der Waals surface area contributed by atoms with Crippen molar-refractivity contribution in [2.24, 2.45) is 0 Å². The molecule has 0 fully saturated rings. The summed E-state index contributed by atoms with van der Waals surface area (Å²) in [5, 5.41) is 9.70. The zero-order valence-corrected chi connectivity index (χ0v) is 11.0. The zero-order chi connectivity index (χ0) is 13.5. The number of benzene rings is 2. The van der Waals surface area contributed by atoms with E-state index >= 15 is 0 Å². The molecule has 4 heteroatoms. The molecule has 0 amide bonds. The Labute approximate surface area is 115 Å². The number of para-hydroxylation sites is 1. The number of hydrogen-bond donors (Lipinski definition) is 0. The van der Waals surface area contributed by atoms with Crippen LogP contribution in [0.1, 0.15) is 5.56 Å². The molecule has 4 aromatic rings.